The van der Waals surface area contributed by atoms with Gasteiger partial charge >= 0.3 is 0 Å². The Morgan fingerprint density at radius 3 is 2.46 bits per heavy atom. The van der Waals surface area contributed by atoms with Crippen LogP contribution in [0.4, 0.5) is 5.69 Å². The Morgan fingerprint density at radius 2 is 1.78 bits per heavy atom. The molecule has 0 heterocycles. The number of ether oxygens (including phenoxy) is 3. The first-order valence-electron chi connectivity index (χ1n) is 11.4. The SMILES string of the molecule is CCCOc1ccc(C(=O)N/N=C/c2cc(Br)cc(Br)c2OCc2ccc([N+](=O)[O-])cc2)cc1OCC. The minimum absolute atomic E-state index is 0.00800. The van der Waals surface area contributed by atoms with Crippen molar-refractivity contribution in [3.63, 3.8) is 0 Å². The molecule has 1 amide bonds. The molecule has 37 heavy (non-hydrogen) atoms. The number of hydrogen-bond acceptors (Lipinski definition) is 7. The highest BCUT2D eigenvalue weighted by Gasteiger charge is 2.13. The van der Waals surface area contributed by atoms with E-state index in [9.17, 15) is 14.9 Å². The van der Waals surface area contributed by atoms with Gasteiger partial charge in [0.15, 0.2) is 11.5 Å². The molecule has 0 saturated heterocycles. The third-order valence-corrected chi connectivity index (χ3v) is 5.95. The number of hydrogen-bond donors (Lipinski definition) is 1. The smallest absolute Gasteiger partial charge is 0.271 e. The van der Waals surface area contributed by atoms with Crippen LogP contribution < -0.4 is 19.6 Å². The van der Waals surface area contributed by atoms with E-state index in [2.05, 4.69) is 42.4 Å². The van der Waals surface area contributed by atoms with Crippen molar-refractivity contribution < 1.29 is 23.9 Å². The zero-order chi connectivity index (χ0) is 26.8. The van der Waals surface area contributed by atoms with Gasteiger partial charge in [-0.05, 0) is 77.3 Å². The van der Waals surface area contributed by atoms with Gasteiger partial charge in [0.2, 0.25) is 0 Å². The Balaban J connectivity index is 1.72. The summed E-state index contributed by atoms with van der Waals surface area (Å²) in [5.41, 5.74) is 4.25. The molecule has 0 aliphatic heterocycles. The second-order valence-electron chi connectivity index (χ2n) is 7.66. The zero-order valence-electron chi connectivity index (χ0n) is 20.2. The molecule has 0 saturated carbocycles. The number of nitro groups is 1. The molecular weight excluding hydrogens is 610 g/mol. The van der Waals surface area contributed by atoms with E-state index in [1.165, 1.54) is 18.3 Å². The highest BCUT2D eigenvalue weighted by Crippen LogP contribution is 2.33. The van der Waals surface area contributed by atoms with Crippen molar-refractivity contribution in [2.75, 3.05) is 13.2 Å². The van der Waals surface area contributed by atoms with Crippen molar-refractivity contribution in [2.24, 2.45) is 5.10 Å². The summed E-state index contributed by atoms with van der Waals surface area (Å²) in [6.45, 7) is 5.03. The van der Waals surface area contributed by atoms with Crippen LogP contribution in [0.5, 0.6) is 17.2 Å². The van der Waals surface area contributed by atoms with Crippen LogP contribution in [0.15, 0.2) is 68.6 Å². The lowest BCUT2D eigenvalue weighted by Crippen LogP contribution is -2.18. The van der Waals surface area contributed by atoms with Crippen LogP contribution >= 0.6 is 31.9 Å². The molecule has 3 aromatic rings. The third-order valence-electron chi connectivity index (χ3n) is 4.90. The predicted octanol–water partition coefficient (Wildman–Crippen LogP) is 6.65. The summed E-state index contributed by atoms with van der Waals surface area (Å²) in [5.74, 6) is 1.15. The van der Waals surface area contributed by atoms with Crippen molar-refractivity contribution in [3.8, 4) is 17.2 Å². The fraction of sp³-hybridized carbons (Fsp3) is 0.231. The summed E-state index contributed by atoms with van der Waals surface area (Å²) >= 11 is 6.93. The van der Waals surface area contributed by atoms with Gasteiger partial charge in [-0.15, -0.1) is 0 Å². The molecule has 0 radical (unpaired) electrons. The number of rotatable bonds is 12. The molecule has 11 heteroatoms. The average molecular weight is 635 g/mol. The molecule has 194 valence electrons. The topological polar surface area (TPSA) is 112 Å². The number of nitrogens with one attached hydrogen (secondary N) is 1. The fourth-order valence-corrected chi connectivity index (χ4v) is 4.54. The van der Waals surface area contributed by atoms with Gasteiger partial charge < -0.3 is 14.2 Å². The summed E-state index contributed by atoms with van der Waals surface area (Å²) in [7, 11) is 0. The lowest BCUT2D eigenvalue weighted by molar-refractivity contribution is -0.384. The lowest BCUT2D eigenvalue weighted by atomic mass is 10.2. The van der Waals surface area contributed by atoms with Gasteiger partial charge in [-0.1, -0.05) is 22.9 Å². The Morgan fingerprint density at radius 1 is 1.03 bits per heavy atom. The normalized spacial score (nSPS) is 10.8. The zero-order valence-corrected chi connectivity index (χ0v) is 23.4. The Labute approximate surface area is 231 Å². The second kappa shape index (κ2) is 13.8. The molecule has 0 aromatic heterocycles. The summed E-state index contributed by atoms with van der Waals surface area (Å²) in [6, 6.07) is 14.7. The molecule has 0 spiro atoms. The molecular formula is C26H25Br2N3O6. The van der Waals surface area contributed by atoms with Crippen LogP contribution in [0.25, 0.3) is 0 Å². The monoisotopic (exact) mass is 633 g/mol. The first-order chi connectivity index (χ1) is 17.8. The first-order valence-corrected chi connectivity index (χ1v) is 13.0. The molecule has 3 rings (SSSR count). The van der Waals surface area contributed by atoms with Crippen LogP contribution in [0.2, 0.25) is 0 Å². The van der Waals surface area contributed by atoms with E-state index in [1.807, 2.05) is 19.9 Å². The van der Waals surface area contributed by atoms with Crippen LogP contribution in [0.1, 0.15) is 41.8 Å². The van der Waals surface area contributed by atoms with Crippen molar-refractivity contribution in [2.45, 2.75) is 26.9 Å². The van der Waals surface area contributed by atoms with Gasteiger partial charge in [-0.2, -0.15) is 5.10 Å². The number of nitro benzene ring substituents is 1. The number of halogens is 2. The van der Waals surface area contributed by atoms with E-state index < -0.39 is 10.8 Å². The molecule has 1 N–H and O–H groups in total. The summed E-state index contributed by atoms with van der Waals surface area (Å²) in [5, 5.41) is 15.0. The number of carbonyl (C=O) groups is 1. The van der Waals surface area contributed by atoms with E-state index >= 15 is 0 Å². The van der Waals surface area contributed by atoms with Crippen molar-refractivity contribution in [3.05, 3.63) is 90.3 Å². The fourth-order valence-electron chi connectivity index (χ4n) is 3.17. The van der Waals surface area contributed by atoms with Gasteiger partial charge in [0.05, 0.1) is 28.8 Å². The van der Waals surface area contributed by atoms with E-state index in [-0.39, 0.29) is 12.3 Å². The van der Waals surface area contributed by atoms with Gasteiger partial charge in [0, 0.05) is 27.7 Å². The number of carbonyl (C=O) groups excluding carboxylic acids is 1. The quantitative estimate of drug-likeness (QED) is 0.136. The minimum atomic E-state index is -0.453. The summed E-state index contributed by atoms with van der Waals surface area (Å²) in [6.07, 6.45) is 2.33. The van der Waals surface area contributed by atoms with Crippen molar-refractivity contribution >= 4 is 49.7 Å². The number of non-ortho nitro benzene ring substituents is 1. The van der Waals surface area contributed by atoms with Gasteiger partial charge in [-0.25, -0.2) is 5.43 Å². The Kier molecular flexibility index (Phi) is 10.5. The average Bonchev–Trinajstić information content (AvgIpc) is 2.87. The standard InChI is InChI=1S/C26H25Br2N3O6/c1-3-11-36-23-10-7-18(13-24(23)35-4-2)26(32)30-29-15-19-12-20(27)14-22(28)25(19)37-16-17-5-8-21(9-6-17)31(33)34/h5-10,12-15H,3-4,11,16H2,1-2H3,(H,30,32)/b29-15+. The molecule has 0 aliphatic rings. The van der Waals surface area contributed by atoms with Gasteiger partial charge in [0.1, 0.15) is 12.4 Å². The summed E-state index contributed by atoms with van der Waals surface area (Å²) in [4.78, 5) is 23.1. The molecule has 0 aliphatic carbocycles. The molecule has 0 fully saturated rings. The van der Waals surface area contributed by atoms with Gasteiger partial charge in [-0.3, -0.25) is 14.9 Å². The second-order valence-corrected chi connectivity index (χ2v) is 9.43. The Hall–Kier alpha value is -3.44. The van der Waals surface area contributed by atoms with Crippen LogP contribution in [-0.2, 0) is 6.61 Å². The molecule has 0 atom stereocenters. The highest BCUT2D eigenvalue weighted by atomic mass is 79.9. The number of hydrazone groups is 1. The number of nitrogens with zero attached hydrogens (tertiary/aromatic N) is 2. The molecule has 3 aromatic carbocycles. The predicted molar refractivity (Wildman–Crippen MR) is 148 cm³/mol. The summed E-state index contributed by atoms with van der Waals surface area (Å²) < 4.78 is 18.7. The van der Waals surface area contributed by atoms with E-state index in [1.54, 1.807) is 36.4 Å². The molecule has 0 bridgehead atoms. The largest absolute Gasteiger partial charge is 0.490 e. The van der Waals surface area contributed by atoms with Crippen LogP contribution in [0, 0.1) is 10.1 Å². The maximum atomic E-state index is 12.7. The molecule has 9 nitrogen and oxygen atoms in total. The first kappa shape index (κ1) is 28.1. The molecule has 0 unspecified atom stereocenters. The van der Waals surface area contributed by atoms with E-state index in [0.29, 0.717) is 46.1 Å². The minimum Gasteiger partial charge on any atom is -0.490 e. The number of benzene rings is 3. The van der Waals surface area contributed by atoms with Gasteiger partial charge in [0.25, 0.3) is 11.6 Å². The maximum Gasteiger partial charge on any atom is 0.271 e. The maximum absolute atomic E-state index is 12.7. The van der Waals surface area contributed by atoms with Crippen LogP contribution in [0.3, 0.4) is 0 Å². The third kappa shape index (κ3) is 8.02. The Bertz CT molecular complexity index is 1280. The highest BCUT2D eigenvalue weighted by molar-refractivity contribution is 9.11. The van der Waals surface area contributed by atoms with E-state index in [4.69, 9.17) is 14.2 Å². The van der Waals surface area contributed by atoms with Crippen LogP contribution in [-0.4, -0.2) is 30.3 Å². The number of amides is 1. The van der Waals surface area contributed by atoms with Crippen molar-refractivity contribution in [1.82, 2.24) is 5.43 Å². The van der Waals surface area contributed by atoms with E-state index in [0.717, 1.165) is 16.5 Å². The van der Waals surface area contributed by atoms with Crippen molar-refractivity contribution in [1.29, 1.82) is 0 Å². The lowest BCUT2D eigenvalue weighted by Gasteiger charge is -2.13.